The highest BCUT2D eigenvalue weighted by Crippen LogP contribution is 2.35. The van der Waals surface area contributed by atoms with Crippen LogP contribution in [0.25, 0.3) is 0 Å². The molecule has 1 aliphatic carbocycles. The molecule has 0 bridgehead atoms. The van der Waals surface area contributed by atoms with E-state index in [9.17, 15) is 14.4 Å². The van der Waals surface area contributed by atoms with Gasteiger partial charge in [0.1, 0.15) is 11.6 Å². The van der Waals surface area contributed by atoms with Crippen LogP contribution in [0.2, 0.25) is 5.02 Å². The van der Waals surface area contributed by atoms with Crippen molar-refractivity contribution in [2.45, 2.75) is 51.1 Å². The maximum absolute atomic E-state index is 12.7. The third kappa shape index (κ3) is 2.75. The van der Waals surface area contributed by atoms with Crippen LogP contribution in [0.4, 0.5) is 10.5 Å². The fourth-order valence-corrected chi connectivity index (χ4v) is 3.66. The van der Waals surface area contributed by atoms with Crippen molar-refractivity contribution in [2.24, 2.45) is 0 Å². The van der Waals surface area contributed by atoms with E-state index >= 15 is 0 Å². The Hall–Kier alpha value is -2.08. The molecule has 24 heavy (non-hydrogen) atoms. The summed E-state index contributed by atoms with van der Waals surface area (Å²) in [6, 6.07) is 3.75. The summed E-state index contributed by atoms with van der Waals surface area (Å²) < 4.78 is 0. The number of nitrogens with one attached hydrogen (secondary N) is 2. The van der Waals surface area contributed by atoms with Crippen molar-refractivity contribution in [1.29, 1.82) is 0 Å². The molecule has 1 aromatic carbocycles. The maximum atomic E-state index is 12.7. The molecule has 2 aliphatic rings. The number of carbonyl (C=O) groups is 3. The van der Waals surface area contributed by atoms with E-state index in [1.165, 1.54) is 0 Å². The first-order valence-electron chi connectivity index (χ1n) is 8.07. The van der Waals surface area contributed by atoms with Crippen molar-refractivity contribution in [3.63, 3.8) is 0 Å². The molecular formula is C17H20ClN3O3. The largest absolute Gasteiger partial charge is 0.325 e. The van der Waals surface area contributed by atoms with Crippen LogP contribution >= 0.6 is 11.6 Å². The van der Waals surface area contributed by atoms with Gasteiger partial charge in [0.25, 0.3) is 5.91 Å². The predicted octanol–water partition coefficient (Wildman–Crippen LogP) is 2.84. The third-order valence-corrected chi connectivity index (χ3v) is 5.10. The number of imide groups is 1. The number of amides is 4. The summed E-state index contributed by atoms with van der Waals surface area (Å²) in [5.41, 5.74) is 0.619. The molecule has 128 valence electrons. The van der Waals surface area contributed by atoms with Crippen LogP contribution in [0, 0.1) is 6.92 Å². The zero-order valence-corrected chi connectivity index (χ0v) is 14.4. The van der Waals surface area contributed by atoms with Crippen molar-refractivity contribution in [3.8, 4) is 0 Å². The lowest BCUT2D eigenvalue weighted by Crippen LogP contribution is -2.48. The second-order valence-electron chi connectivity index (χ2n) is 6.52. The number of nitrogens with zero attached hydrogens (tertiary/aromatic N) is 1. The van der Waals surface area contributed by atoms with Crippen LogP contribution in [0.5, 0.6) is 0 Å². The molecule has 0 radical (unpaired) electrons. The second kappa shape index (κ2) is 6.09. The van der Waals surface area contributed by atoms with Crippen LogP contribution in [-0.4, -0.2) is 34.3 Å². The first-order chi connectivity index (χ1) is 11.3. The lowest BCUT2D eigenvalue weighted by atomic mass is 9.97. The molecule has 0 aromatic heterocycles. The van der Waals surface area contributed by atoms with E-state index in [4.69, 9.17) is 11.6 Å². The number of benzene rings is 1. The standard InChI is InChI=1S/C17H20ClN3O3/c1-10-9-12(18)5-6-13(10)19-14(22)11(2)21-15(23)17(20-16(21)24)7-3-4-8-17/h5-6,9,11H,3-4,7-8H2,1-2H3,(H,19,22)(H,20,24)/t11-/m0/s1. The number of hydrogen-bond donors (Lipinski definition) is 2. The summed E-state index contributed by atoms with van der Waals surface area (Å²) in [5.74, 6) is -0.695. The Balaban J connectivity index is 1.76. The van der Waals surface area contributed by atoms with E-state index < -0.39 is 23.5 Å². The van der Waals surface area contributed by atoms with E-state index in [0.717, 1.165) is 23.3 Å². The Morgan fingerprint density at radius 1 is 1.33 bits per heavy atom. The molecule has 4 amide bonds. The average molecular weight is 350 g/mol. The van der Waals surface area contributed by atoms with Gasteiger partial charge in [-0.3, -0.25) is 9.59 Å². The minimum Gasteiger partial charge on any atom is -0.324 e. The molecule has 6 nitrogen and oxygen atoms in total. The zero-order chi connectivity index (χ0) is 17.5. The van der Waals surface area contributed by atoms with Crippen LogP contribution in [0.3, 0.4) is 0 Å². The normalized spacial score (nSPS) is 20.4. The zero-order valence-electron chi connectivity index (χ0n) is 13.7. The molecule has 0 unspecified atom stereocenters. The van der Waals surface area contributed by atoms with Gasteiger partial charge in [0.05, 0.1) is 0 Å². The van der Waals surface area contributed by atoms with E-state index in [2.05, 4.69) is 10.6 Å². The maximum Gasteiger partial charge on any atom is 0.325 e. The van der Waals surface area contributed by atoms with Gasteiger partial charge in [-0.1, -0.05) is 24.4 Å². The highest BCUT2D eigenvalue weighted by molar-refractivity contribution is 6.30. The van der Waals surface area contributed by atoms with Gasteiger partial charge < -0.3 is 10.6 Å². The first-order valence-corrected chi connectivity index (χ1v) is 8.45. The topological polar surface area (TPSA) is 78.5 Å². The summed E-state index contributed by atoms with van der Waals surface area (Å²) in [6.45, 7) is 3.39. The van der Waals surface area contributed by atoms with Gasteiger partial charge in [-0.15, -0.1) is 0 Å². The Morgan fingerprint density at radius 2 is 2.00 bits per heavy atom. The molecule has 3 rings (SSSR count). The van der Waals surface area contributed by atoms with Crippen molar-refractivity contribution in [1.82, 2.24) is 10.2 Å². The molecular weight excluding hydrogens is 330 g/mol. The molecule has 1 spiro atoms. The summed E-state index contributed by atoms with van der Waals surface area (Å²) in [6.07, 6.45) is 3.09. The lowest BCUT2D eigenvalue weighted by molar-refractivity contribution is -0.136. The monoisotopic (exact) mass is 349 g/mol. The fourth-order valence-electron chi connectivity index (χ4n) is 3.43. The van der Waals surface area contributed by atoms with Gasteiger partial charge in [0.15, 0.2) is 0 Å². The second-order valence-corrected chi connectivity index (χ2v) is 6.96. The van der Waals surface area contributed by atoms with Crippen LogP contribution in [0.15, 0.2) is 18.2 Å². The molecule has 1 saturated carbocycles. The van der Waals surface area contributed by atoms with Gasteiger partial charge in [-0.25, -0.2) is 9.69 Å². The fraction of sp³-hybridized carbons (Fsp3) is 0.471. The SMILES string of the molecule is Cc1cc(Cl)ccc1NC(=O)[C@H](C)N1C(=O)NC2(CCCC2)C1=O. The number of rotatable bonds is 3. The summed E-state index contributed by atoms with van der Waals surface area (Å²) in [4.78, 5) is 38.5. The quantitative estimate of drug-likeness (QED) is 0.823. The van der Waals surface area contributed by atoms with Gasteiger partial charge in [0.2, 0.25) is 5.91 Å². The molecule has 1 atom stereocenters. The van der Waals surface area contributed by atoms with Gasteiger partial charge in [0, 0.05) is 10.7 Å². The highest BCUT2D eigenvalue weighted by atomic mass is 35.5. The summed E-state index contributed by atoms with van der Waals surface area (Å²) in [5, 5.41) is 6.13. The molecule has 1 aromatic rings. The van der Waals surface area contributed by atoms with Gasteiger partial charge in [-0.2, -0.15) is 0 Å². The average Bonchev–Trinajstić information content (AvgIpc) is 3.08. The Kier molecular flexibility index (Phi) is 4.25. The van der Waals surface area contributed by atoms with E-state index in [-0.39, 0.29) is 5.91 Å². The van der Waals surface area contributed by atoms with Crippen molar-refractivity contribution >= 4 is 35.1 Å². The van der Waals surface area contributed by atoms with Crippen LogP contribution in [-0.2, 0) is 9.59 Å². The third-order valence-electron chi connectivity index (χ3n) is 4.86. The number of anilines is 1. The van der Waals surface area contributed by atoms with Crippen molar-refractivity contribution < 1.29 is 14.4 Å². The van der Waals surface area contributed by atoms with Crippen molar-refractivity contribution in [3.05, 3.63) is 28.8 Å². The summed E-state index contributed by atoms with van der Waals surface area (Å²) >= 11 is 5.91. The predicted molar refractivity (Wildman–Crippen MR) is 90.9 cm³/mol. The number of carbonyl (C=O) groups excluding carboxylic acids is 3. The lowest BCUT2D eigenvalue weighted by Gasteiger charge is -2.23. The van der Waals surface area contributed by atoms with Gasteiger partial charge >= 0.3 is 6.03 Å². The molecule has 1 heterocycles. The Bertz CT molecular complexity index is 713. The molecule has 2 N–H and O–H groups in total. The number of hydrogen-bond acceptors (Lipinski definition) is 3. The van der Waals surface area contributed by atoms with E-state index in [1.807, 2.05) is 6.92 Å². The van der Waals surface area contributed by atoms with Crippen LogP contribution < -0.4 is 10.6 Å². The Labute approximate surface area is 145 Å². The number of urea groups is 1. The molecule has 2 fully saturated rings. The van der Waals surface area contributed by atoms with Crippen LogP contribution in [0.1, 0.15) is 38.2 Å². The first kappa shape index (κ1) is 16.8. The number of halogens is 1. The minimum atomic E-state index is -0.882. The number of aryl methyl sites for hydroxylation is 1. The van der Waals surface area contributed by atoms with E-state index in [1.54, 1.807) is 25.1 Å². The Morgan fingerprint density at radius 3 is 2.62 bits per heavy atom. The molecule has 1 aliphatic heterocycles. The van der Waals surface area contributed by atoms with Gasteiger partial charge in [-0.05, 0) is 50.5 Å². The highest BCUT2D eigenvalue weighted by Gasteiger charge is 2.54. The molecule has 1 saturated heterocycles. The summed E-state index contributed by atoms with van der Waals surface area (Å²) in [7, 11) is 0. The molecule has 7 heteroatoms. The minimum absolute atomic E-state index is 0.291. The smallest absolute Gasteiger partial charge is 0.324 e. The van der Waals surface area contributed by atoms with E-state index in [0.29, 0.717) is 23.6 Å². The van der Waals surface area contributed by atoms with Crippen molar-refractivity contribution in [2.75, 3.05) is 5.32 Å².